The molecule has 5 nitrogen and oxygen atoms in total. The van der Waals surface area contributed by atoms with Gasteiger partial charge in [0.05, 0.1) is 18.8 Å². The largest absolute Gasteiger partial charge is 0.466 e. The fourth-order valence-corrected chi connectivity index (χ4v) is 2.45. The summed E-state index contributed by atoms with van der Waals surface area (Å²) in [4.78, 5) is 11.6. The molecule has 0 aliphatic carbocycles. The minimum Gasteiger partial charge on any atom is -0.466 e. The highest BCUT2D eigenvalue weighted by atomic mass is 35.5. The average Bonchev–Trinajstić information content (AvgIpc) is 2.26. The van der Waals surface area contributed by atoms with Crippen LogP contribution in [0.1, 0.15) is 25.3 Å². The first-order chi connectivity index (χ1) is 8.74. The van der Waals surface area contributed by atoms with Crippen molar-refractivity contribution in [3.8, 4) is 0 Å². The van der Waals surface area contributed by atoms with Gasteiger partial charge in [0.2, 0.25) is 10.0 Å². The molecule has 1 unspecified atom stereocenters. The van der Waals surface area contributed by atoms with Crippen molar-refractivity contribution in [3.63, 3.8) is 0 Å². The number of esters is 1. The van der Waals surface area contributed by atoms with Crippen molar-refractivity contribution < 1.29 is 17.9 Å². The Bertz CT molecular complexity index is 571. The molecule has 0 fully saturated rings. The SMILES string of the molecule is CCOC(=O)C(C)c1ccc(NS(C)(=O)=O)cc1Cl. The van der Waals surface area contributed by atoms with Gasteiger partial charge in [0.15, 0.2) is 0 Å². The molecule has 0 aromatic heterocycles. The Morgan fingerprint density at radius 2 is 2.11 bits per heavy atom. The molecule has 0 heterocycles. The summed E-state index contributed by atoms with van der Waals surface area (Å²) >= 11 is 6.05. The number of carbonyl (C=O) groups excluding carboxylic acids is 1. The van der Waals surface area contributed by atoms with Crippen molar-refractivity contribution in [1.82, 2.24) is 0 Å². The second-order valence-electron chi connectivity index (χ2n) is 4.08. The van der Waals surface area contributed by atoms with Crippen LogP contribution in [0.2, 0.25) is 5.02 Å². The Kier molecular flexibility index (Phi) is 5.20. The molecule has 19 heavy (non-hydrogen) atoms. The van der Waals surface area contributed by atoms with E-state index in [9.17, 15) is 13.2 Å². The Labute approximate surface area is 118 Å². The predicted molar refractivity (Wildman–Crippen MR) is 75.0 cm³/mol. The van der Waals surface area contributed by atoms with Gasteiger partial charge in [-0.2, -0.15) is 0 Å². The third kappa shape index (κ3) is 4.72. The number of nitrogens with one attached hydrogen (secondary N) is 1. The highest BCUT2D eigenvalue weighted by Crippen LogP contribution is 2.28. The first kappa shape index (κ1) is 15.8. The van der Waals surface area contributed by atoms with Crippen LogP contribution in [-0.4, -0.2) is 27.2 Å². The predicted octanol–water partition coefficient (Wildman–Crippen LogP) is 2.38. The maximum Gasteiger partial charge on any atom is 0.313 e. The summed E-state index contributed by atoms with van der Waals surface area (Å²) in [5.41, 5.74) is 0.950. The third-order valence-corrected chi connectivity index (χ3v) is 3.34. The maximum atomic E-state index is 11.6. The van der Waals surface area contributed by atoms with Crippen LogP contribution in [-0.2, 0) is 19.6 Å². The van der Waals surface area contributed by atoms with Gasteiger partial charge in [-0.25, -0.2) is 8.42 Å². The van der Waals surface area contributed by atoms with Gasteiger partial charge < -0.3 is 4.74 Å². The van der Waals surface area contributed by atoms with Gasteiger partial charge in [0.1, 0.15) is 0 Å². The molecule has 0 aliphatic rings. The second-order valence-corrected chi connectivity index (χ2v) is 6.24. The zero-order valence-corrected chi connectivity index (χ0v) is 12.5. The van der Waals surface area contributed by atoms with Crippen molar-refractivity contribution in [2.24, 2.45) is 0 Å². The molecular weight excluding hydrogens is 290 g/mol. The van der Waals surface area contributed by atoms with Gasteiger partial charge in [0.25, 0.3) is 0 Å². The van der Waals surface area contributed by atoms with E-state index < -0.39 is 15.9 Å². The minimum atomic E-state index is -3.35. The zero-order valence-electron chi connectivity index (χ0n) is 10.9. The summed E-state index contributed by atoms with van der Waals surface area (Å²) in [5.74, 6) is -0.868. The van der Waals surface area contributed by atoms with Crippen LogP contribution in [0.15, 0.2) is 18.2 Å². The third-order valence-electron chi connectivity index (χ3n) is 2.41. The second kappa shape index (κ2) is 6.25. The van der Waals surface area contributed by atoms with Crippen molar-refractivity contribution in [2.45, 2.75) is 19.8 Å². The number of rotatable bonds is 5. The van der Waals surface area contributed by atoms with Crippen molar-refractivity contribution >= 4 is 33.3 Å². The lowest BCUT2D eigenvalue weighted by molar-refractivity contribution is -0.144. The van der Waals surface area contributed by atoms with Gasteiger partial charge in [-0.05, 0) is 31.5 Å². The summed E-state index contributed by atoms with van der Waals surface area (Å²) in [6.45, 7) is 3.71. The molecule has 0 saturated heterocycles. The van der Waals surface area contributed by atoms with E-state index in [2.05, 4.69) is 4.72 Å². The van der Waals surface area contributed by atoms with E-state index in [0.29, 0.717) is 22.9 Å². The molecule has 7 heteroatoms. The summed E-state index contributed by atoms with van der Waals surface area (Å²) in [6.07, 6.45) is 1.05. The van der Waals surface area contributed by atoms with Crippen LogP contribution < -0.4 is 4.72 Å². The van der Waals surface area contributed by atoms with Crippen molar-refractivity contribution in [1.29, 1.82) is 0 Å². The lowest BCUT2D eigenvalue weighted by Gasteiger charge is -2.13. The van der Waals surface area contributed by atoms with E-state index in [0.717, 1.165) is 6.26 Å². The summed E-state index contributed by atoms with van der Waals surface area (Å²) in [6, 6.07) is 4.63. The molecule has 0 aliphatic heterocycles. The molecule has 1 aromatic rings. The molecule has 0 amide bonds. The Morgan fingerprint density at radius 3 is 2.58 bits per heavy atom. The standard InChI is InChI=1S/C12H16ClNO4S/c1-4-18-12(15)8(2)10-6-5-9(7-11(10)13)14-19(3,16)17/h5-8,14H,4H2,1-3H3. The smallest absolute Gasteiger partial charge is 0.313 e. The molecule has 0 radical (unpaired) electrons. The molecule has 0 bridgehead atoms. The number of benzene rings is 1. The van der Waals surface area contributed by atoms with Crippen molar-refractivity contribution in [2.75, 3.05) is 17.6 Å². The Hall–Kier alpha value is -1.27. The molecular formula is C12H16ClNO4S. The fraction of sp³-hybridized carbons (Fsp3) is 0.417. The van der Waals surface area contributed by atoms with Crippen LogP contribution in [0.4, 0.5) is 5.69 Å². The number of carbonyl (C=O) groups is 1. The molecule has 1 rings (SSSR count). The van der Waals surface area contributed by atoms with E-state index in [4.69, 9.17) is 16.3 Å². The van der Waals surface area contributed by atoms with Gasteiger partial charge in [-0.3, -0.25) is 9.52 Å². The van der Waals surface area contributed by atoms with Gasteiger partial charge in [0, 0.05) is 10.7 Å². The molecule has 0 saturated carbocycles. The molecule has 1 N–H and O–H groups in total. The highest BCUT2D eigenvalue weighted by molar-refractivity contribution is 7.92. The van der Waals surface area contributed by atoms with Gasteiger partial charge >= 0.3 is 5.97 Å². The van der Waals surface area contributed by atoms with Crippen LogP contribution >= 0.6 is 11.6 Å². The van der Waals surface area contributed by atoms with Crippen LogP contribution in [0, 0.1) is 0 Å². The Morgan fingerprint density at radius 1 is 1.47 bits per heavy atom. The first-order valence-electron chi connectivity index (χ1n) is 5.68. The quantitative estimate of drug-likeness (QED) is 0.848. The van der Waals surface area contributed by atoms with E-state index in [1.165, 1.54) is 6.07 Å². The first-order valence-corrected chi connectivity index (χ1v) is 7.95. The number of ether oxygens (including phenoxy) is 1. The molecule has 0 spiro atoms. The monoisotopic (exact) mass is 305 g/mol. The minimum absolute atomic E-state index is 0.300. The fourth-order valence-electron chi connectivity index (χ4n) is 1.55. The van der Waals surface area contributed by atoms with E-state index in [1.54, 1.807) is 26.0 Å². The van der Waals surface area contributed by atoms with E-state index in [1.807, 2.05) is 0 Å². The van der Waals surface area contributed by atoms with Gasteiger partial charge in [-0.15, -0.1) is 0 Å². The van der Waals surface area contributed by atoms with E-state index >= 15 is 0 Å². The number of hydrogen-bond donors (Lipinski definition) is 1. The van der Waals surface area contributed by atoms with Crippen LogP contribution in [0.3, 0.4) is 0 Å². The number of hydrogen-bond acceptors (Lipinski definition) is 4. The number of halogens is 1. The molecule has 1 aromatic carbocycles. The summed E-state index contributed by atoms with van der Waals surface area (Å²) in [5, 5.41) is 0.314. The lowest BCUT2D eigenvalue weighted by Crippen LogP contribution is -2.14. The lowest BCUT2D eigenvalue weighted by atomic mass is 10.0. The molecule has 1 atom stereocenters. The van der Waals surface area contributed by atoms with Crippen LogP contribution in [0.25, 0.3) is 0 Å². The Balaban J connectivity index is 2.97. The molecule has 106 valence electrons. The summed E-state index contributed by atoms with van der Waals surface area (Å²) in [7, 11) is -3.35. The number of sulfonamides is 1. The summed E-state index contributed by atoms with van der Waals surface area (Å²) < 4.78 is 29.4. The van der Waals surface area contributed by atoms with Crippen molar-refractivity contribution in [3.05, 3.63) is 28.8 Å². The van der Waals surface area contributed by atoms with Crippen LogP contribution in [0.5, 0.6) is 0 Å². The topological polar surface area (TPSA) is 72.5 Å². The number of anilines is 1. The zero-order chi connectivity index (χ0) is 14.6. The normalized spacial score (nSPS) is 12.8. The highest BCUT2D eigenvalue weighted by Gasteiger charge is 2.19. The van der Waals surface area contributed by atoms with E-state index in [-0.39, 0.29) is 5.97 Å². The maximum absolute atomic E-state index is 11.6. The van der Waals surface area contributed by atoms with Gasteiger partial charge in [-0.1, -0.05) is 17.7 Å². The average molecular weight is 306 g/mol.